The van der Waals surface area contributed by atoms with Gasteiger partial charge in [-0.3, -0.25) is 0 Å². The quantitative estimate of drug-likeness (QED) is 0.450. The summed E-state index contributed by atoms with van der Waals surface area (Å²) >= 11 is 0. The van der Waals surface area contributed by atoms with Crippen LogP contribution >= 0.6 is 0 Å². The van der Waals surface area contributed by atoms with Crippen molar-refractivity contribution in [3.8, 4) is 11.5 Å². The van der Waals surface area contributed by atoms with Crippen LogP contribution in [-0.4, -0.2) is 40.4 Å². The van der Waals surface area contributed by atoms with E-state index in [1.165, 1.54) is 28.4 Å². The average molecular weight is 396 g/mol. The monoisotopic (exact) mass is 394 g/mol. The van der Waals surface area contributed by atoms with Crippen LogP contribution in [0.3, 0.4) is 0 Å². The standard InChI is InChI=1S/2C9H9O3.Zn/c2*1-11-8-5-3-4-7(6-8)9(10)12-2;/h2*3-4,6H,1-2H3;/q2*-1;+2. The van der Waals surface area contributed by atoms with E-state index in [0.717, 1.165) is 0 Å². The Labute approximate surface area is 159 Å². The summed E-state index contributed by atoms with van der Waals surface area (Å²) in [5.74, 6) is 0.306. The molecule has 0 saturated carbocycles. The summed E-state index contributed by atoms with van der Waals surface area (Å²) < 4.78 is 18.8. The minimum absolute atomic E-state index is 0. The molecule has 2 aromatic rings. The van der Waals surface area contributed by atoms with E-state index in [0.29, 0.717) is 22.6 Å². The maximum atomic E-state index is 11.0. The van der Waals surface area contributed by atoms with Crippen molar-refractivity contribution in [2.75, 3.05) is 28.4 Å². The Hall–Kier alpha value is -2.40. The predicted octanol–water partition coefficient (Wildman–Crippen LogP) is 2.56. The van der Waals surface area contributed by atoms with E-state index in [1.54, 1.807) is 36.4 Å². The van der Waals surface area contributed by atoms with Gasteiger partial charge in [0.2, 0.25) is 0 Å². The number of esters is 2. The zero-order valence-electron chi connectivity index (χ0n) is 14.6. The van der Waals surface area contributed by atoms with Gasteiger partial charge in [-0.25, -0.2) is 9.59 Å². The van der Waals surface area contributed by atoms with E-state index in [4.69, 9.17) is 9.47 Å². The van der Waals surface area contributed by atoms with Crippen molar-refractivity contribution in [3.05, 3.63) is 59.7 Å². The topological polar surface area (TPSA) is 71.1 Å². The molecule has 0 N–H and O–H groups in total. The Morgan fingerprint density at radius 2 is 1.12 bits per heavy atom. The molecular formula is C18H18O6Zn. The number of methoxy groups -OCH3 is 4. The third kappa shape index (κ3) is 7.35. The first-order valence-electron chi connectivity index (χ1n) is 6.83. The second kappa shape index (κ2) is 12.0. The van der Waals surface area contributed by atoms with Gasteiger partial charge in [-0.15, -0.1) is 24.3 Å². The van der Waals surface area contributed by atoms with Gasteiger partial charge < -0.3 is 18.9 Å². The summed E-state index contributed by atoms with van der Waals surface area (Å²) in [6.45, 7) is 0. The fraction of sp³-hybridized carbons (Fsp3) is 0.222. The van der Waals surface area contributed by atoms with Crippen molar-refractivity contribution >= 4 is 11.9 Å². The number of hydrogen-bond acceptors (Lipinski definition) is 6. The molecule has 0 aliphatic rings. The van der Waals surface area contributed by atoms with Crippen LogP contribution in [0.4, 0.5) is 0 Å². The molecule has 2 rings (SSSR count). The van der Waals surface area contributed by atoms with Gasteiger partial charge in [-0.05, 0) is 11.1 Å². The van der Waals surface area contributed by atoms with Gasteiger partial charge in [-0.1, -0.05) is 0 Å². The molecule has 0 aliphatic carbocycles. The average Bonchev–Trinajstić information content (AvgIpc) is 2.67. The Kier molecular flexibility index (Phi) is 10.9. The third-order valence-electron chi connectivity index (χ3n) is 2.83. The van der Waals surface area contributed by atoms with Crippen molar-refractivity contribution in [1.82, 2.24) is 0 Å². The Morgan fingerprint density at radius 1 is 0.760 bits per heavy atom. The molecular weight excluding hydrogens is 378 g/mol. The molecule has 0 heterocycles. The van der Waals surface area contributed by atoms with Crippen LogP contribution in [0, 0.1) is 12.1 Å². The number of rotatable bonds is 4. The van der Waals surface area contributed by atoms with Gasteiger partial charge in [0.1, 0.15) is 0 Å². The van der Waals surface area contributed by atoms with Crippen LogP contribution in [0.2, 0.25) is 0 Å². The normalized spacial score (nSPS) is 8.80. The van der Waals surface area contributed by atoms with E-state index in [9.17, 15) is 9.59 Å². The predicted molar refractivity (Wildman–Crippen MR) is 86.3 cm³/mol. The second-order valence-corrected chi connectivity index (χ2v) is 4.27. The van der Waals surface area contributed by atoms with Crippen LogP contribution in [-0.2, 0) is 29.0 Å². The Bertz CT molecular complexity index is 627. The first-order valence-corrected chi connectivity index (χ1v) is 6.83. The maximum Gasteiger partial charge on any atom is 2.00 e. The molecule has 25 heavy (non-hydrogen) atoms. The molecule has 7 heteroatoms. The van der Waals surface area contributed by atoms with Crippen LogP contribution in [0.5, 0.6) is 11.5 Å². The number of ether oxygens (including phenoxy) is 4. The molecule has 0 fully saturated rings. The fourth-order valence-electron chi connectivity index (χ4n) is 1.61. The third-order valence-corrected chi connectivity index (χ3v) is 2.83. The number of carbonyl (C=O) groups is 2. The number of benzene rings is 2. The van der Waals surface area contributed by atoms with E-state index >= 15 is 0 Å². The van der Waals surface area contributed by atoms with Gasteiger partial charge in [0.05, 0.1) is 28.4 Å². The van der Waals surface area contributed by atoms with Crippen molar-refractivity contribution in [1.29, 1.82) is 0 Å². The van der Waals surface area contributed by atoms with Crippen LogP contribution in [0.15, 0.2) is 36.4 Å². The zero-order valence-corrected chi connectivity index (χ0v) is 17.6. The van der Waals surface area contributed by atoms with E-state index in [2.05, 4.69) is 21.6 Å². The van der Waals surface area contributed by atoms with E-state index in [-0.39, 0.29) is 31.4 Å². The molecule has 2 aromatic carbocycles. The summed E-state index contributed by atoms with van der Waals surface area (Å²) in [4.78, 5) is 22.0. The molecule has 0 bridgehead atoms. The minimum Gasteiger partial charge on any atom is -0.523 e. The van der Waals surface area contributed by atoms with E-state index in [1.807, 2.05) is 0 Å². The van der Waals surface area contributed by atoms with Gasteiger partial charge >= 0.3 is 31.4 Å². The summed E-state index contributed by atoms with van der Waals surface area (Å²) in [6.07, 6.45) is 0. The number of hydrogen-bond donors (Lipinski definition) is 0. The molecule has 0 atom stereocenters. The van der Waals surface area contributed by atoms with Crippen molar-refractivity contribution in [3.63, 3.8) is 0 Å². The first kappa shape index (κ1) is 22.6. The van der Waals surface area contributed by atoms with Crippen LogP contribution in [0.1, 0.15) is 20.7 Å². The Balaban J connectivity index is 0.000000443. The van der Waals surface area contributed by atoms with Gasteiger partial charge in [-0.2, -0.15) is 24.3 Å². The van der Waals surface area contributed by atoms with Crippen LogP contribution in [0.25, 0.3) is 0 Å². The zero-order chi connectivity index (χ0) is 17.9. The van der Waals surface area contributed by atoms with Gasteiger partial charge in [0.15, 0.2) is 0 Å². The van der Waals surface area contributed by atoms with Crippen LogP contribution < -0.4 is 9.47 Å². The second-order valence-electron chi connectivity index (χ2n) is 4.27. The smallest absolute Gasteiger partial charge is 0.523 e. The van der Waals surface area contributed by atoms with Gasteiger partial charge in [0.25, 0.3) is 0 Å². The molecule has 0 aliphatic heterocycles. The summed E-state index contributed by atoms with van der Waals surface area (Å²) in [5.41, 5.74) is 0.932. The van der Waals surface area contributed by atoms with Crippen molar-refractivity contribution in [2.45, 2.75) is 0 Å². The number of carbonyl (C=O) groups excluding carboxylic acids is 2. The molecule has 0 spiro atoms. The molecule has 0 amide bonds. The molecule has 0 aromatic heterocycles. The largest absolute Gasteiger partial charge is 2.00 e. The van der Waals surface area contributed by atoms with Crippen molar-refractivity contribution in [2.24, 2.45) is 0 Å². The maximum absolute atomic E-state index is 11.0. The van der Waals surface area contributed by atoms with Crippen molar-refractivity contribution < 1.29 is 48.0 Å². The molecule has 6 nitrogen and oxygen atoms in total. The van der Waals surface area contributed by atoms with E-state index < -0.39 is 0 Å². The Morgan fingerprint density at radius 3 is 1.40 bits per heavy atom. The fourth-order valence-corrected chi connectivity index (χ4v) is 1.61. The summed E-state index contributed by atoms with van der Waals surface area (Å²) in [5, 5.41) is 0. The summed E-state index contributed by atoms with van der Waals surface area (Å²) in [6, 6.07) is 15.2. The summed E-state index contributed by atoms with van der Waals surface area (Å²) in [7, 11) is 5.72. The van der Waals surface area contributed by atoms with Gasteiger partial charge in [0, 0.05) is 11.5 Å². The molecule has 128 valence electrons. The first-order chi connectivity index (χ1) is 11.5. The molecule has 0 radical (unpaired) electrons. The molecule has 0 saturated heterocycles. The molecule has 0 unspecified atom stereocenters. The SMILES string of the molecule is COC(=O)c1cc[c-]c(OC)c1.COC(=O)c1cc[c-]c(OC)c1.[Zn+2]. The minimum atomic E-state index is -0.373.